The molecule has 0 saturated carbocycles. The molecule has 1 unspecified atom stereocenters. The molecule has 0 aromatic heterocycles. The fourth-order valence-electron chi connectivity index (χ4n) is 1.88. The van der Waals surface area contributed by atoms with Crippen LogP contribution in [0.5, 0.6) is 0 Å². The SMILES string of the molecule is O=C(O)CC1(Br)C=CC(c2ccccc2)=CC1. The van der Waals surface area contributed by atoms with Crippen LogP contribution in [0.3, 0.4) is 0 Å². The van der Waals surface area contributed by atoms with Crippen LogP contribution in [0.2, 0.25) is 0 Å². The maximum Gasteiger partial charge on any atom is 0.305 e. The fourth-order valence-corrected chi connectivity index (χ4v) is 2.42. The summed E-state index contributed by atoms with van der Waals surface area (Å²) in [6.07, 6.45) is 6.79. The normalized spacial score (nSPS) is 23.2. The lowest BCUT2D eigenvalue weighted by atomic mass is 9.91. The summed E-state index contributed by atoms with van der Waals surface area (Å²) < 4.78 is -0.433. The molecule has 1 aliphatic carbocycles. The average molecular weight is 293 g/mol. The Morgan fingerprint density at radius 1 is 1.35 bits per heavy atom. The number of alkyl halides is 1. The van der Waals surface area contributed by atoms with Crippen molar-refractivity contribution in [3.8, 4) is 0 Å². The van der Waals surface area contributed by atoms with Gasteiger partial charge in [0.1, 0.15) is 0 Å². The number of benzene rings is 1. The Morgan fingerprint density at radius 3 is 2.59 bits per heavy atom. The summed E-state index contributed by atoms with van der Waals surface area (Å²) in [5.74, 6) is -0.789. The van der Waals surface area contributed by atoms with E-state index in [4.69, 9.17) is 5.11 Å². The third-order valence-electron chi connectivity index (χ3n) is 2.78. The molecule has 1 aromatic rings. The number of hydrogen-bond acceptors (Lipinski definition) is 1. The van der Waals surface area contributed by atoms with Crippen molar-refractivity contribution in [2.75, 3.05) is 0 Å². The summed E-state index contributed by atoms with van der Waals surface area (Å²) in [7, 11) is 0. The molecule has 88 valence electrons. The van der Waals surface area contributed by atoms with Gasteiger partial charge in [0.2, 0.25) is 0 Å². The summed E-state index contributed by atoms with van der Waals surface area (Å²) in [6, 6.07) is 10.1. The van der Waals surface area contributed by atoms with Crippen molar-refractivity contribution >= 4 is 27.5 Å². The quantitative estimate of drug-likeness (QED) is 0.864. The highest BCUT2D eigenvalue weighted by Gasteiger charge is 2.27. The van der Waals surface area contributed by atoms with Crippen LogP contribution in [0.4, 0.5) is 0 Å². The number of rotatable bonds is 3. The first-order chi connectivity index (χ1) is 8.09. The second-order valence-electron chi connectivity index (χ2n) is 4.17. The first-order valence-corrected chi connectivity index (χ1v) is 6.24. The van der Waals surface area contributed by atoms with E-state index >= 15 is 0 Å². The van der Waals surface area contributed by atoms with E-state index < -0.39 is 10.3 Å². The standard InChI is InChI=1S/C14H13BrO2/c15-14(10-13(16)17)8-6-12(7-9-14)11-4-2-1-3-5-11/h1-8H,9-10H2,(H,16,17). The topological polar surface area (TPSA) is 37.3 Å². The first-order valence-electron chi connectivity index (χ1n) is 5.45. The van der Waals surface area contributed by atoms with Crippen LogP contribution in [0, 0.1) is 0 Å². The van der Waals surface area contributed by atoms with E-state index in [1.54, 1.807) is 0 Å². The second-order valence-corrected chi connectivity index (χ2v) is 5.75. The van der Waals surface area contributed by atoms with E-state index in [1.165, 1.54) is 0 Å². The van der Waals surface area contributed by atoms with Gasteiger partial charge in [-0.05, 0) is 17.6 Å². The Balaban J connectivity index is 2.14. The Hall–Kier alpha value is -1.35. The molecular formula is C14H13BrO2. The number of carboxylic acid groups (broad SMARTS) is 1. The van der Waals surface area contributed by atoms with Crippen LogP contribution in [0.15, 0.2) is 48.6 Å². The smallest absolute Gasteiger partial charge is 0.305 e. The highest BCUT2D eigenvalue weighted by molar-refractivity contribution is 9.10. The Bertz CT molecular complexity index is 476. The van der Waals surface area contributed by atoms with E-state index in [0.29, 0.717) is 6.42 Å². The molecule has 0 heterocycles. The molecule has 0 amide bonds. The zero-order chi connectivity index (χ0) is 12.3. The fraction of sp³-hybridized carbons (Fsp3) is 0.214. The van der Waals surface area contributed by atoms with E-state index in [0.717, 1.165) is 11.1 Å². The number of allylic oxidation sites excluding steroid dienone is 4. The Labute approximate surface area is 109 Å². The molecule has 0 spiro atoms. The van der Waals surface area contributed by atoms with Gasteiger partial charge in [-0.3, -0.25) is 4.79 Å². The molecule has 0 radical (unpaired) electrons. The van der Waals surface area contributed by atoms with Crippen LogP contribution < -0.4 is 0 Å². The van der Waals surface area contributed by atoms with Crippen molar-refractivity contribution in [2.45, 2.75) is 17.2 Å². The minimum Gasteiger partial charge on any atom is -0.481 e. The van der Waals surface area contributed by atoms with E-state index in [1.807, 2.05) is 30.4 Å². The minimum absolute atomic E-state index is 0.0993. The van der Waals surface area contributed by atoms with Gasteiger partial charge in [0.15, 0.2) is 0 Å². The lowest BCUT2D eigenvalue weighted by Gasteiger charge is -2.24. The van der Waals surface area contributed by atoms with Gasteiger partial charge in [-0.25, -0.2) is 0 Å². The highest BCUT2D eigenvalue weighted by atomic mass is 79.9. The molecule has 1 aliphatic rings. The van der Waals surface area contributed by atoms with Crippen LogP contribution in [0.25, 0.3) is 5.57 Å². The Kier molecular flexibility index (Phi) is 3.48. The third kappa shape index (κ3) is 3.07. The van der Waals surface area contributed by atoms with Crippen molar-refractivity contribution in [3.63, 3.8) is 0 Å². The number of aliphatic carboxylic acids is 1. The summed E-state index contributed by atoms with van der Waals surface area (Å²) in [4.78, 5) is 10.7. The van der Waals surface area contributed by atoms with Gasteiger partial charge in [-0.15, -0.1) is 0 Å². The number of carboxylic acids is 1. The van der Waals surface area contributed by atoms with Gasteiger partial charge >= 0.3 is 5.97 Å². The largest absolute Gasteiger partial charge is 0.481 e. The second kappa shape index (κ2) is 4.88. The molecule has 2 nitrogen and oxygen atoms in total. The van der Waals surface area contributed by atoms with E-state index in [-0.39, 0.29) is 6.42 Å². The van der Waals surface area contributed by atoms with Crippen LogP contribution in [0.1, 0.15) is 18.4 Å². The summed E-state index contributed by atoms with van der Waals surface area (Å²) in [5, 5.41) is 8.83. The molecule has 0 saturated heterocycles. The predicted octanol–water partition coefficient (Wildman–Crippen LogP) is 3.64. The average Bonchev–Trinajstić information content (AvgIpc) is 2.29. The van der Waals surface area contributed by atoms with E-state index in [9.17, 15) is 4.79 Å². The maximum absolute atomic E-state index is 10.7. The van der Waals surface area contributed by atoms with Crippen LogP contribution in [-0.2, 0) is 4.79 Å². The summed E-state index contributed by atoms with van der Waals surface area (Å²) in [6.45, 7) is 0. The molecule has 2 rings (SSSR count). The van der Waals surface area contributed by atoms with Gasteiger partial charge in [0.25, 0.3) is 0 Å². The van der Waals surface area contributed by atoms with Crippen molar-refractivity contribution < 1.29 is 9.90 Å². The summed E-state index contributed by atoms with van der Waals surface area (Å²) in [5.41, 5.74) is 2.31. The molecule has 1 N–H and O–H groups in total. The van der Waals surface area contributed by atoms with Gasteiger partial charge in [0.05, 0.1) is 10.7 Å². The molecule has 1 atom stereocenters. The number of carbonyl (C=O) groups is 1. The monoisotopic (exact) mass is 292 g/mol. The molecule has 17 heavy (non-hydrogen) atoms. The summed E-state index contributed by atoms with van der Waals surface area (Å²) >= 11 is 3.48. The predicted molar refractivity (Wildman–Crippen MR) is 72.1 cm³/mol. The minimum atomic E-state index is -0.789. The van der Waals surface area contributed by atoms with Gasteiger partial charge < -0.3 is 5.11 Å². The molecule has 0 aliphatic heterocycles. The van der Waals surface area contributed by atoms with Crippen molar-refractivity contribution in [1.82, 2.24) is 0 Å². The first kappa shape index (κ1) is 12.1. The van der Waals surface area contributed by atoms with Crippen LogP contribution in [-0.4, -0.2) is 15.4 Å². The lowest BCUT2D eigenvalue weighted by molar-refractivity contribution is -0.137. The zero-order valence-electron chi connectivity index (χ0n) is 9.27. The Morgan fingerprint density at radius 2 is 2.06 bits per heavy atom. The molecular weight excluding hydrogens is 280 g/mol. The zero-order valence-corrected chi connectivity index (χ0v) is 10.9. The molecule has 3 heteroatoms. The van der Waals surface area contributed by atoms with Gasteiger partial charge in [-0.1, -0.05) is 64.5 Å². The third-order valence-corrected chi connectivity index (χ3v) is 3.64. The van der Waals surface area contributed by atoms with Crippen LogP contribution >= 0.6 is 15.9 Å². The number of hydrogen-bond donors (Lipinski definition) is 1. The van der Waals surface area contributed by atoms with Crippen molar-refractivity contribution in [1.29, 1.82) is 0 Å². The maximum atomic E-state index is 10.7. The highest BCUT2D eigenvalue weighted by Crippen LogP contribution is 2.35. The van der Waals surface area contributed by atoms with E-state index in [2.05, 4.69) is 34.1 Å². The lowest BCUT2D eigenvalue weighted by Crippen LogP contribution is -2.23. The molecule has 0 bridgehead atoms. The number of halogens is 1. The van der Waals surface area contributed by atoms with Gasteiger partial charge in [-0.2, -0.15) is 0 Å². The molecule has 0 fully saturated rings. The molecule has 1 aromatic carbocycles. The van der Waals surface area contributed by atoms with Crippen molar-refractivity contribution in [3.05, 3.63) is 54.1 Å². The van der Waals surface area contributed by atoms with Gasteiger partial charge in [0, 0.05) is 0 Å². The van der Waals surface area contributed by atoms with Crippen molar-refractivity contribution in [2.24, 2.45) is 0 Å².